The molecule has 0 aliphatic carbocycles. The van der Waals surface area contributed by atoms with Crippen molar-refractivity contribution in [3.63, 3.8) is 0 Å². The van der Waals surface area contributed by atoms with Gasteiger partial charge in [-0.1, -0.05) is 57.2 Å². The Bertz CT molecular complexity index is 613. The Kier molecular flexibility index (Phi) is 6.34. The van der Waals surface area contributed by atoms with Gasteiger partial charge in [-0.25, -0.2) is 4.31 Å². The van der Waals surface area contributed by atoms with Crippen molar-refractivity contribution in [2.24, 2.45) is 0 Å². The molecule has 0 aliphatic rings. The molecule has 1 unspecified atom stereocenters. The van der Waals surface area contributed by atoms with Gasteiger partial charge in [0.15, 0.2) is 0 Å². The number of benzene rings is 2. The highest BCUT2D eigenvalue weighted by Crippen LogP contribution is 2.51. The largest absolute Gasteiger partial charge is 0.470 e. The Balaban J connectivity index is 2.21. The normalized spacial score (nSPS) is 13.0. The average Bonchev–Trinajstić information content (AvgIpc) is 2.47. The van der Waals surface area contributed by atoms with Crippen LogP contribution in [0.3, 0.4) is 0 Å². The topological polar surface area (TPSA) is 68.2 Å². The second-order valence-corrected chi connectivity index (χ2v) is 7.77. The third-order valence-electron chi connectivity index (χ3n) is 2.93. The maximum absolute atomic E-state index is 9.16. The van der Waals surface area contributed by atoms with Gasteiger partial charge in [0.2, 0.25) is 0 Å². The zero-order chi connectivity index (χ0) is 16.9. The van der Waals surface area contributed by atoms with Crippen molar-refractivity contribution >= 4 is 17.2 Å². The number of hydrogen-bond acceptors (Lipinski definition) is 5. The van der Waals surface area contributed by atoms with Crippen LogP contribution in [0.1, 0.15) is 26.3 Å². The van der Waals surface area contributed by atoms with Crippen LogP contribution in [-0.2, 0) is 9.73 Å². The molecule has 0 spiro atoms. The van der Waals surface area contributed by atoms with Gasteiger partial charge < -0.3 is 18.8 Å². The summed E-state index contributed by atoms with van der Waals surface area (Å²) in [5.41, 5.74) is 0.848. The molecule has 0 fully saturated rings. The van der Waals surface area contributed by atoms with E-state index in [0.29, 0.717) is 11.5 Å². The van der Waals surface area contributed by atoms with E-state index in [-0.39, 0.29) is 5.41 Å². The summed E-state index contributed by atoms with van der Waals surface area (Å²) in [5.74, 6) is 1.13. The molecule has 0 radical (unpaired) electrons. The van der Waals surface area contributed by atoms with Gasteiger partial charge >= 0.3 is 17.2 Å². The Hall–Kier alpha value is -1.22. The fourth-order valence-electron chi connectivity index (χ4n) is 1.93. The highest BCUT2D eigenvalue weighted by Gasteiger charge is 2.26. The van der Waals surface area contributed by atoms with Crippen LogP contribution in [0.4, 0.5) is 0 Å². The smallest absolute Gasteiger partial charge is 0.418 e. The summed E-state index contributed by atoms with van der Waals surface area (Å²) < 4.78 is 16.4. The monoisotopic (exact) mass is 354 g/mol. The van der Waals surface area contributed by atoms with Crippen molar-refractivity contribution in [1.29, 1.82) is 0 Å². The number of para-hydroxylation sites is 2. The van der Waals surface area contributed by atoms with Gasteiger partial charge in [0.1, 0.15) is 11.5 Å². The van der Waals surface area contributed by atoms with E-state index in [0.717, 1.165) is 5.56 Å². The molecule has 0 saturated carbocycles. The van der Waals surface area contributed by atoms with Gasteiger partial charge in [-0.3, -0.25) is 0 Å². The van der Waals surface area contributed by atoms with Gasteiger partial charge in [0.05, 0.1) is 0 Å². The van der Waals surface area contributed by atoms with Crippen molar-refractivity contribution in [2.45, 2.75) is 26.2 Å². The summed E-state index contributed by atoms with van der Waals surface area (Å²) in [6.07, 6.45) is 0. The van der Waals surface area contributed by atoms with E-state index < -0.39 is 17.2 Å². The molecule has 124 valence electrons. The molecule has 0 bridgehead atoms. The molecule has 1 atom stereocenters. The summed E-state index contributed by atoms with van der Waals surface area (Å²) in [6.45, 7) is 6.21. The zero-order valence-corrected chi connectivity index (χ0v) is 15.0. The van der Waals surface area contributed by atoms with Crippen LogP contribution in [0, 0.1) is 0 Å². The fraction of sp³-hybridized carbons (Fsp3) is 0.250. The van der Waals surface area contributed by atoms with Gasteiger partial charge in [-0.2, -0.15) is 0 Å². The van der Waals surface area contributed by atoms with E-state index in [1.54, 1.807) is 12.1 Å². The second kappa shape index (κ2) is 8.05. The molecule has 7 heteroatoms. The molecule has 2 rings (SSSR count). The average molecular weight is 354 g/mol. The Morgan fingerprint density at radius 2 is 1.43 bits per heavy atom. The Morgan fingerprint density at radius 3 is 2.04 bits per heavy atom. The quantitative estimate of drug-likeness (QED) is 0.723. The lowest BCUT2D eigenvalue weighted by Crippen LogP contribution is -2.13. The molecular formula is C16H20O5P2. The molecule has 2 aromatic rings. The summed E-state index contributed by atoms with van der Waals surface area (Å²) in [7, 11) is -4.58. The summed E-state index contributed by atoms with van der Waals surface area (Å²) in [5, 5.41) is 0. The lowest BCUT2D eigenvalue weighted by molar-refractivity contribution is 0.331. The molecule has 0 aromatic heterocycles. The highest BCUT2D eigenvalue weighted by molar-refractivity contribution is 7.55. The van der Waals surface area contributed by atoms with Crippen LogP contribution >= 0.6 is 17.2 Å². The SMILES string of the molecule is CC(C)(C)c1ccccc1OP(Oc1ccccc1)OP(O)O. The van der Waals surface area contributed by atoms with Crippen LogP contribution in [0.15, 0.2) is 54.6 Å². The third-order valence-corrected chi connectivity index (χ3v) is 4.75. The van der Waals surface area contributed by atoms with Gasteiger partial charge in [-0.05, 0) is 23.6 Å². The minimum atomic E-state index is -2.59. The van der Waals surface area contributed by atoms with Crippen LogP contribution < -0.4 is 9.05 Å². The Morgan fingerprint density at radius 1 is 0.826 bits per heavy atom. The molecular weight excluding hydrogens is 334 g/mol. The van der Waals surface area contributed by atoms with E-state index in [2.05, 4.69) is 20.8 Å². The van der Waals surface area contributed by atoms with Gasteiger partial charge in [-0.15, -0.1) is 0 Å². The molecule has 0 amide bonds. The van der Waals surface area contributed by atoms with E-state index >= 15 is 0 Å². The zero-order valence-electron chi connectivity index (χ0n) is 13.2. The predicted molar refractivity (Wildman–Crippen MR) is 92.2 cm³/mol. The summed E-state index contributed by atoms with van der Waals surface area (Å²) in [6, 6.07) is 16.5. The molecule has 0 heterocycles. The Labute approximate surface area is 138 Å². The van der Waals surface area contributed by atoms with E-state index in [1.807, 2.05) is 42.5 Å². The second-order valence-electron chi connectivity index (χ2n) is 5.80. The minimum Gasteiger partial charge on any atom is -0.418 e. The van der Waals surface area contributed by atoms with Crippen molar-refractivity contribution in [1.82, 2.24) is 0 Å². The van der Waals surface area contributed by atoms with E-state index in [4.69, 9.17) is 23.1 Å². The summed E-state index contributed by atoms with van der Waals surface area (Å²) >= 11 is 0. The minimum absolute atomic E-state index is 0.131. The first-order chi connectivity index (χ1) is 10.9. The van der Waals surface area contributed by atoms with Gasteiger partial charge in [0, 0.05) is 5.56 Å². The van der Waals surface area contributed by atoms with Crippen molar-refractivity contribution < 1.29 is 23.1 Å². The molecule has 0 saturated heterocycles. The third kappa shape index (κ3) is 5.72. The maximum Gasteiger partial charge on any atom is 0.470 e. The fourth-order valence-corrected chi connectivity index (χ4v) is 3.32. The van der Waals surface area contributed by atoms with E-state index in [1.165, 1.54) is 0 Å². The first-order valence-electron chi connectivity index (χ1n) is 7.03. The predicted octanol–water partition coefficient (Wildman–Crippen LogP) is 4.90. The number of rotatable bonds is 6. The van der Waals surface area contributed by atoms with Crippen molar-refractivity contribution in [2.75, 3.05) is 0 Å². The molecule has 2 aromatic carbocycles. The van der Waals surface area contributed by atoms with Crippen molar-refractivity contribution in [3.05, 3.63) is 60.2 Å². The standard InChI is InChI=1S/C16H20O5P2/c1-16(2,3)14-11-7-8-12-15(14)20-23(21-22(17)18)19-13-9-5-4-6-10-13/h4-12,17-18H,1-3H3. The maximum atomic E-state index is 9.16. The van der Waals surface area contributed by atoms with Crippen LogP contribution in [0.5, 0.6) is 11.5 Å². The van der Waals surface area contributed by atoms with Crippen LogP contribution in [0.25, 0.3) is 0 Å². The molecule has 0 aliphatic heterocycles. The van der Waals surface area contributed by atoms with E-state index in [9.17, 15) is 0 Å². The molecule has 2 N–H and O–H groups in total. The van der Waals surface area contributed by atoms with Gasteiger partial charge in [0.25, 0.3) is 0 Å². The van der Waals surface area contributed by atoms with Crippen LogP contribution in [0.2, 0.25) is 0 Å². The number of hydrogen-bond donors (Lipinski definition) is 2. The first-order valence-corrected chi connectivity index (χ1v) is 9.29. The molecule has 5 nitrogen and oxygen atoms in total. The first kappa shape index (κ1) is 18.1. The summed E-state index contributed by atoms with van der Waals surface area (Å²) in [4.78, 5) is 18.3. The van der Waals surface area contributed by atoms with Crippen LogP contribution in [-0.4, -0.2) is 9.79 Å². The highest BCUT2D eigenvalue weighted by atomic mass is 31.2. The lowest BCUT2D eigenvalue weighted by Gasteiger charge is -2.24. The van der Waals surface area contributed by atoms with Crippen molar-refractivity contribution in [3.8, 4) is 11.5 Å². The lowest BCUT2D eigenvalue weighted by atomic mass is 9.86. The molecule has 23 heavy (non-hydrogen) atoms.